The minimum atomic E-state index is -4.65. The molecule has 1 aromatic carbocycles. The predicted octanol–water partition coefficient (Wildman–Crippen LogP) is 1.76. The van der Waals surface area contributed by atoms with Crippen molar-refractivity contribution in [2.75, 3.05) is 26.2 Å². The van der Waals surface area contributed by atoms with Gasteiger partial charge in [0.2, 0.25) is 5.91 Å². The van der Waals surface area contributed by atoms with Crippen molar-refractivity contribution in [3.8, 4) is 0 Å². The van der Waals surface area contributed by atoms with Gasteiger partial charge in [-0.2, -0.15) is 13.2 Å². The lowest BCUT2D eigenvalue weighted by Crippen LogP contribution is -2.52. The Hall–Kier alpha value is -2.59. The molecule has 2 aromatic rings. The van der Waals surface area contributed by atoms with Crippen LogP contribution in [0.5, 0.6) is 0 Å². The van der Waals surface area contributed by atoms with Gasteiger partial charge in [0.15, 0.2) is 0 Å². The number of nitrogens with zero attached hydrogens (tertiary/aromatic N) is 3. The number of piperazine rings is 1. The Balaban J connectivity index is 0.00000300. The zero-order valence-corrected chi connectivity index (χ0v) is 16.4. The summed E-state index contributed by atoms with van der Waals surface area (Å²) in [5.74, 6) is -0.633. The number of hydrogen-bond donors (Lipinski definition) is 2. The fraction of sp³-hybridized carbons (Fsp3) is 0.389. The number of hydrogen-bond acceptors (Lipinski definition) is 4. The van der Waals surface area contributed by atoms with Gasteiger partial charge in [0.25, 0.3) is 5.91 Å². The number of alkyl halides is 3. The molecule has 1 aliphatic rings. The normalized spacial score (nSPS) is 16.8. The number of benzene rings is 1. The fourth-order valence-corrected chi connectivity index (χ4v) is 3.21. The van der Waals surface area contributed by atoms with Crippen molar-refractivity contribution in [3.63, 3.8) is 0 Å². The molecule has 1 fully saturated rings. The molecule has 2 N–H and O–H groups in total. The van der Waals surface area contributed by atoms with Gasteiger partial charge in [0.1, 0.15) is 11.9 Å². The second kappa shape index (κ2) is 9.27. The first-order chi connectivity index (χ1) is 13.3. The molecule has 1 aromatic heterocycles. The Bertz CT molecular complexity index is 871. The molecule has 0 bridgehead atoms. The highest BCUT2D eigenvalue weighted by Crippen LogP contribution is 2.31. The largest absolute Gasteiger partial charge is 0.417 e. The van der Waals surface area contributed by atoms with E-state index in [2.05, 4.69) is 15.6 Å². The number of halogens is 4. The molecular formula is C18H21ClF3N5O2. The summed E-state index contributed by atoms with van der Waals surface area (Å²) in [6.07, 6.45) is -1.26. The van der Waals surface area contributed by atoms with Crippen molar-refractivity contribution in [1.82, 2.24) is 25.1 Å². The van der Waals surface area contributed by atoms with Crippen molar-refractivity contribution >= 4 is 24.2 Å². The summed E-state index contributed by atoms with van der Waals surface area (Å²) in [4.78, 5) is 30.8. The number of carbonyl (C=O) groups is 2. The highest BCUT2D eigenvalue weighted by Gasteiger charge is 2.35. The maximum absolute atomic E-state index is 13.1. The number of imidazole rings is 1. The molecule has 29 heavy (non-hydrogen) atoms. The molecule has 1 saturated heterocycles. The summed E-state index contributed by atoms with van der Waals surface area (Å²) in [7, 11) is 1.81. The van der Waals surface area contributed by atoms with Crippen LogP contribution in [0.4, 0.5) is 13.2 Å². The number of carbonyl (C=O) groups excluding carboxylic acids is 2. The van der Waals surface area contributed by atoms with Gasteiger partial charge in [0.05, 0.1) is 17.7 Å². The van der Waals surface area contributed by atoms with Crippen LogP contribution < -0.4 is 10.6 Å². The molecule has 1 atom stereocenters. The number of nitrogens with one attached hydrogen (secondary N) is 2. The Labute approximate surface area is 171 Å². The molecule has 0 aliphatic carbocycles. The summed E-state index contributed by atoms with van der Waals surface area (Å²) >= 11 is 0. The van der Waals surface area contributed by atoms with Crippen molar-refractivity contribution in [2.24, 2.45) is 7.05 Å². The number of aryl methyl sites for hydroxylation is 1. The maximum atomic E-state index is 13.1. The van der Waals surface area contributed by atoms with Crippen LogP contribution in [0, 0.1) is 0 Å². The van der Waals surface area contributed by atoms with Crippen LogP contribution in [0.3, 0.4) is 0 Å². The van der Waals surface area contributed by atoms with Crippen molar-refractivity contribution in [3.05, 3.63) is 53.6 Å². The molecule has 2 heterocycles. The topological polar surface area (TPSA) is 79.3 Å². The lowest BCUT2D eigenvalue weighted by Gasteiger charge is -2.35. The summed E-state index contributed by atoms with van der Waals surface area (Å²) in [6, 6.07) is 4.16. The van der Waals surface area contributed by atoms with Gasteiger partial charge in [-0.1, -0.05) is 12.1 Å². The summed E-state index contributed by atoms with van der Waals surface area (Å²) in [5, 5.41) is 5.50. The first-order valence-electron chi connectivity index (χ1n) is 8.71. The Morgan fingerprint density at radius 2 is 2.03 bits per heavy atom. The molecule has 158 valence electrons. The van der Waals surface area contributed by atoms with E-state index in [-0.39, 0.29) is 24.4 Å². The van der Waals surface area contributed by atoms with E-state index in [1.165, 1.54) is 12.1 Å². The summed E-state index contributed by atoms with van der Waals surface area (Å²) < 4.78 is 41.0. The van der Waals surface area contributed by atoms with Crippen LogP contribution in [-0.4, -0.2) is 52.4 Å². The second-order valence-corrected chi connectivity index (χ2v) is 6.43. The van der Waals surface area contributed by atoms with Crippen molar-refractivity contribution in [2.45, 2.75) is 12.2 Å². The molecule has 1 aliphatic heterocycles. The third-order valence-corrected chi connectivity index (χ3v) is 4.60. The van der Waals surface area contributed by atoms with E-state index < -0.39 is 29.8 Å². The van der Waals surface area contributed by atoms with E-state index in [4.69, 9.17) is 0 Å². The summed E-state index contributed by atoms with van der Waals surface area (Å²) in [5.41, 5.74) is -1.54. The van der Waals surface area contributed by atoms with Gasteiger partial charge in [-0.25, -0.2) is 4.98 Å². The molecule has 3 rings (SSSR count). The standard InChI is InChI=1S/C18H20F3N5O2.ClH/c1-25-8-7-23-16(25)14-10-22-6-9-26(14)15(27)11-24-17(28)12-4-2-3-5-13(12)18(19,20)21;/h2-5,7-8,14,22H,6,9-11H2,1H3,(H,24,28);1H. The van der Waals surface area contributed by atoms with E-state index in [9.17, 15) is 22.8 Å². The van der Waals surface area contributed by atoms with Crippen LogP contribution >= 0.6 is 12.4 Å². The van der Waals surface area contributed by atoms with Gasteiger partial charge in [-0.05, 0) is 12.1 Å². The highest BCUT2D eigenvalue weighted by atomic mass is 35.5. The molecule has 0 saturated carbocycles. The molecule has 7 nitrogen and oxygen atoms in total. The monoisotopic (exact) mass is 431 g/mol. The molecule has 1 unspecified atom stereocenters. The average Bonchev–Trinajstić information content (AvgIpc) is 3.11. The Morgan fingerprint density at radius 3 is 2.69 bits per heavy atom. The van der Waals surface area contributed by atoms with Crippen LogP contribution in [0.15, 0.2) is 36.7 Å². The molecule has 0 spiro atoms. The van der Waals surface area contributed by atoms with Crippen LogP contribution in [-0.2, 0) is 18.0 Å². The van der Waals surface area contributed by atoms with E-state index in [0.717, 1.165) is 12.1 Å². The van der Waals surface area contributed by atoms with E-state index in [0.29, 0.717) is 25.5 Å². The molecule has 0 radical (unpaired) electrons. The smallest absolute Gasteiger partial charge is 0.343 e. The lowest BCUT2D eigenvalue weighted by molar-refractivity contribution is -0.138. The quantitative estimate of drug-likeness (QED) is 0.773. The number of aromatic nitrogens is 2. The van der Waals surface area contributed by atoms with E-state index in [1.807, 2.05) is 7.05 Å². The molecular weight excluding hydrogens is 411 g/mol. The number of amides is 2. The number of rotatable bonds is 4. The zero-order chi connectivity index (χ0) is 20.3. The van der Waals surface area contributed by atoms with Crippen LogP contribution in [0.2, 0.25) is 0 Å². The van der Waals surface area contributed by atoms with E-state index in [1.54, 1.807) is 21.9 Å². The second-order valence-electron chi connectivity index (χ2n) is 6.43. The van der Waals surface area contributed by atoms with Gasteiger partial charge >= 0.3 is 6.18 Å². The van der Waals surface area contributed by atoms with Gasteiger partial charge < -0.3 is 20.1 Å². The summed E-state index contributed by atoms with van der Waals surface area (Å²) in [6.45, 7) is 1.09. The third kappa shape index (κ3) is 5.07. The Morgan fingerprint density at radius 1 is 1.31 bits per heavy atom. The first kappa shape index (κ1) is 22.7. The predicted molar refractivity (Wildman–Crippen MR) is 102 cm³/mol. The van der Waals surface area contributed by atoms with Crippen molar-refractivity contribution in [1.29, 1.82) is 0 Å². The average molecular weight is 432 g/mol. The van der Waals surface area contributed by atoms with Crippen LogP contribution in [0.25, 0.3) is 0 Å². The fourth-order valence-electron chi connectivity index (χ4n) is 3.21. The van der Waals surface area contributed by atoms with Crippen molar-refractivity contribution < 1.29 is 22.8 Å². The third-order valence-electron chi connectivity index (χ3n) is 4.60. The lowest BCUT2D eigenvalue weighted by atomic mass is 10.1. The van der Waals surface area contributed by atoms with Crippen LogP contribution in [0.1, 0.15) is 27.8 Å². The highest BCUT2D eigenvalue weighted by molar-refractivity contribution is 5.97. The first-order valence-corrected chi connectivity index (χ1v) is 8.71. The maximum Gasteiger partial charge on any atom is 0.417 e. The van der Waals surface area contributed by atoms with Gasteiger partial charge in [-0.15, -0.1) is 12.4 Å². The molecule has 11 heteroatoms. The SMILES string of the molecule is Cl.Cn1ccnc1C1CNCCN1C(=O)CNC(=O)c1ccccc1C(F)(F)F. The van der Waals surface area contributed by atoms with Gasteiger partial charge in [-0.3, -0.25) is 9.59 Å². The Kier molecular flexibility index (Phi) is 7.26. The van der Waals surface area contributed by atoms with Gasteiger partial charge in [0, 0.05) is 39.1 Å². The zero-order valence-electron chi connectivity index (χ0n) is 15.6. The minimum Gasteiger partial charge on any atom is -0.343 e. The minimum absolute atomic E-state index is 0. The molecule has 2 amide bonds. The van der Waals surface area contributed by atoms with E-state index >= 15 is 0 Å².